The first-order chi connectivity index (χ1) is 4.45. The lowest BCUT2D eigenvalue weighted by molar-refractivity contribution is 0.186. The summed E-state index contributed by atoms with van der Waals surface area (Å²) in [5.74, 6) is 0. The van der Waals surface area contributed by atoms with E-state index < -0.39 is 16.3 Å². The Balaban J connectivity index is 3.56. The Hall–Kier alpha value is -0.210. The Kier molecular flexibility index (Phi) is 3.76. The van der Waals surface area contributed by atoms with Crippen LogP contribution in [0.3, 0.4) is 0 Å². The SMILES string of the molecule is NCC(O)CNS(N)(=O)=O. The molecule has 0 heterocycles. The Morgan fingerprint density at radius 1 is 1.60 bits per heavy atom. The molecule has 0 bridgehead atoms. The van der Waals surface area contributed by atoms with Gasteiger partial charge in [-0.15, -0.1) is 0 Å². The van der Waals surface area contributed by atoms with Gasteiger partial charge in [-0.1, -0.05) is 0 Å². The zero-order valence-electron chi connectivity index (χ0n) is 5.32. The second-order valence-corrected chi connectivity index (χ2v) is 3.16. The van der Waals surface area contributed by atoms with Gasteiger partial charge in [-0.2, -0.15) is 13.1 Å². The summed E-state index contributed by atoms with van der Waals surface area (Å²) in [5.41, 5.74) is 4.98. The van der Waals surface area contributed by atoms with Gasteiger partial charge in [0.15, 0.2) is 0 Å². The van der Waals surface area contributed by atoms with Gasteiger partial charge in [-0.3, -0.25) is 0 Å². The molecule has 0 aliphatic rings. The molecule has 1 atom stereocenters. The molecule has 1 unspecified atom stereocenters. The smallest absolute Gasteiger partial charge is 0.274 e. The minimum atomic E-state index is -3.69. The van der Waals surface area contributed by atoms with Crippen LogP contribution >= 0.6 is 0 Å². The van der Waals surface area contributed by atoms with E-state index in [0.717, 1.165) is 0 Å². The maximum Gasteiger partial charge on any atom is 0.274 e. The fraction of sp³-hybridized carbons (Fsp3) is 1.00. The van der Waals surface area contributed by atoms with E-state index in [0.29, 0.717) is 0 Å². The molecule has 6 nitrogen and oxygen atoms in total. The first-order valence-corrected chi connectivity index (χ1v) is 4.16. The van der Waals surface area contributed by atoms with Crippen molar-refractivity contribution < 1.29 is 13.5 Å². The predicted molar refractivity (Wildman–Crippen MR) is 36.2 cm³/mol. The number of rotatable bonds is 4. The van der Waals surface area contributed by atoms with Gasteiger partial charge in [0.1, 0.15) is 0 Å². The topological polar surface area (TPSA) is 118 Å². The van der Waals surface area contributed by atoms with Gasteiger partial charge in [0.2, 0.25) is 0 Å². The van der Waals surface area contributed by atoms with E-state index in [1.54, 1.807) is 0 Å². The second kappa shape index (κ2) is 3.84. The molecule has 7 heteroatoms. The molecule has 10 heavy (non-hydrogen) atoms. The lowest BCUT2D eigenvalue weighted by Gasteiger charge is -2.06. The minimum absolute atomic E-state index is 0.00250. The van der Waals surface area contributed by atoms with E-state index in [1.807, 2.05) is 4.72 Å². The third-order valence-electron chi connectivity index (χ3n) is 0.792. The molecule has 0 spiro atoms. The third kappa shape index (κ3) is 5.92. The van der Waals surface area contributed by atoms with Crippen molar-refractivity contribution in [2.75, 3.05) is 13.1 Å². The van der Waals surface area contributed by atoms with Crippen molar-refractivity contribution in [3.63, 3.8) is 0 Å². The van der Waals surface area contributed by atoms with Crippen LogP contribution in [0.4, 0.5) is 0 Å². The van der Waals surface area contributed by atoms with Gasteiger partial charge >= 0.3 is 0 Å². The number of hydrogen-bond acceptors (Lipinski definition) is 4. The highest BCUT2D eigenvalue weighted by atomic mass is 32.2. The average molecular weight is 169 g/mol. The maximum absolute atomic E-state index is 10.2. The summed E-state index contributed by atoms with van der Waals surface area (Å²) in [5, 5.41) is 13.3. The summed E-state index contributed by atoms with van der Waals surface area (Å²) in [6.45, 7) is -0.141. The summed E-state index contributed by atoms with van der Waals surface area (Å²) in [4.78, 5) is 0. The van der Waals surface area contributed by atoms with Gasteiger partial charge in [0.05, 0.1) is 6.10 Å². The van der Waals surface area contributed by atoms with Crippen molar-refractivity contribution in [3.8, 4) is 0 Å². The lowest BCUT2D eigenvalue weighted by atomic mass is 10.4. The third-order valence-corrected chi connectivity index (χ3v) is 1.36. The highest BCUT2D eigenvalue weighted by Crippen LogP contribution is 1.75. The van der Waals surface area contributed by atoms with Crippen LogP contribution in [0.5, 0.6) is 0 Å². The van der Waals surface area contributed by atoms with Gasteiger partial charge in [-0.05, 0) is 0 Å². The van der Waals surface area contributed by atoms with Crippen LogP contribution in [-0.4, -0.2) is 32.7 Å². The largest absolute Gasteiger partial charge is 0.390 e. The van der Waals surface area contributed by atoms with Crippen LogP contribution in [0.15, 0.2) is 0 Å². The first kappa shape index (κ1) is 9.79. The number of aliphatic hydroxyl groups is 1. The molecule has 0 aliphatic carbocycles. The first-order valence-electron chi connectivity index (χ1n) is 2.61. The molecular weight excluding hydrogens is 158 g/mol. The van der Waals surface area contributed by atoms with E-state index in [9.17, 15) is 8.42 Å². The van der Waals surface area contributed by atoms with Crippen LogP contribution in [-0.2, 0) is 10.2 Å². The second-order valence-electron chi connectivity index (χ2n) is 1.78. The van der Waals surface area contributed by atoms with Crippen LogP contribution < -0.4 is 15.6 Å². The molecule has 6 N–H and O–H groups in total. The van der Waals surface area contributed by atoms with E-state index in [4.69, 9.17) is 10.8 Å². The Labute approximate surface area is 59.4 Å². The molecule has 0 saturated carbocycles. The summed E-state index contributed by atoms with van der Waals surface area (Å²) in [7, 11) is -3.69. The molecule has 0 rings (SSSR count). The van der Waals surface area contributed by atoms with E-state index >= 15 is 0 Å². The Bertz CT molecular complexity index is 177. The van der Waals surface area contributed by atoms with Crippen molar-refractivity contribution in [2.45, 2.75) is 6.10 Å². The molecule has 0 aromatic rings. The number of nitrogens with one attached hydrogen (secondary N) is 1. The van der Waals surface area contributed by atoms with Gasteiger partial charge in [0.25, 0.3) is 10.2 Å². The van der Waals surface area contributed by atoms with Crippen molar-refractivity contribution in [1.82, 2.24) is 4.72 Å². The molecule has 62 valence electrons. The van der Waals surface area contributed by atoms with Crippen molar-refractivity contribution in [3.05, 3.63) is 0 Å². The van der Waals surface area contributed by atoms with Crippen molar-refractivity contribution in [1.29, 1.82) is 0 Å². The quantitative estimate of drug-likeness (QED) is 0.361. The molecule has 0 saturated heterocycles. The standard InChI is InChI=1S/C3H11N3O3S/c4-1-3(7)2-6-10(5,8)9/h3,6-7H,1-2,4H2,(H2,5,8,9). The fourth-order valence-corrected chi connectivity index (χ4v) is 0.720. The molecule has 0 radical (unpaired) electrons. The van der Waals surface area contributed by atoms with Crippen molar-refractivity contribution in [2.24, 2.45) is 10.9 Å². The minimum Gasteiger partial charge on any atom is -0.390 e. The molecular formula is C3H11N3O3S. The highest BCUT2D eigenvalue weighted by Gasteiger charge is 2.04. The summed E-state index contributed by atoms with van der Waals surface area (Å²) < 4.78 is 22.2. The number of nitrogens with two attached hydrogens (primary N) is 2. The predicted octanol–water partition coefficient (Wildman–Crippen LogP) is -2.90. The lowest BCUT2D eigenvalue weighted by Crippen LogP contribution is -2.39. The summed E-state index contributed by atoms with van der Waals surface area (Å²) >= 11 is 0. The van der Waals surface area contributed by atoms with E-state index in [-0.39, 0.29) is 13.1 Å². The van der Waals surface area contributed by atoms with Gasteiger partial charge < -0.3 is 10.8 Å². The van der Waals surface area contributed by atoms with E-state index in [1.165, 1.54) is 0 Å². The fourth-order valence-electron chi connectivity index (χ4n) is 0.296. The summed E-state index contributed by atoms with van der Waals surface area (Å²) in [6, 6.07) is 0. The molecule has 0 aliphatic heterocycles. The van der Waals surface area contributed by atoms with Gasteiger partial charge in [-0.25, -0.2) is 5.14 Å². The van der Waals surface area contributed by atoms with Crippen LogP contribution in [0.25, 0.3) is 0 Å². The molecule has 0 aromatic heterocycles. The monoisotopic (exact) mass is 169 g/mol. The zero-order valence-corrected chi connectivity index (χ0v) is 6.13. The Morgan fingerprint density at radius 2 is 2.10 bits per heavy atom. The number of aliphatic hydroxyl groups excluding tert-OH is 1. The van der Waals surface area contributed by atoms with Crippen LogP contribution in [0.2, 0.25) is 0 Å². The van der Waals surface area contributed by atoms with Crippen molar-refractivity contribution >= 4 is 10.2 Å². The average Bonchev–Trinajstić information content (AvgIpc) is 1.81. The van der Waals surface area contributed by atoms with Crippen LogP contribution in [0, 0.1) is 0 Å². The highest BCUT2D eigenvalue weighted by molar-refractivity contribution is 7.87. The maximum atomic E-state index is 10.2. The summed E-state index contributed by atoms with van der Waals surface area (Å²) in [6.07, 6.45) is -0.877. The molecule has 0 fully saturated rings. The Morgan fingerprint density at radius 3 is 2.40 bits per heavy atom. The van der Waals surface area contributed by atoms with E-state index in [2.05, 4.69) is 5.14 Å². The molecule has 0 aromatic carbocycles. The van der Waals surface area contributed by atoms with Gasteiger partial charge in [0, 0.05) is 13.1 Å². The van der Waals surface area contributed by atoms with Crippen LogP contribution in [0.1, 0.15) is 0 Å². The number of hydrogen-bond donors (Lipinski definition) is 4. The molecule has 0 amide bonds. The normalized spacial score (nSPS) is 15.1. The zero-order chi connectivity index (χ0) is 8.20.